The highest BCUT2D eigenvalue weighted by Gasteiger charge is 2.18. The van der Waals surface area contributed by atoms with Gasteiger partial charge in [0.25, 0.3) is 10.0 Å². The summed E-state index contributed by atoms with van der Waals surface area (Å²) in [7, 11) is -5.47. The number of anilines is 1. The average molecular weight is 291 g/mol. The molecular weight excluding hydrogens is 277 g/mol. The van der Waals surface area contributed by atoms with Crippen LogP contribution in [0.25, 0.3) is 0 Å². The molecule has 0 aromatic heterocycles. The molecule has 2 aromatic rings. The second-order valence-electron chi connectivity index (χ2n) is 4.37. The van der Waals surface area contributed by atoms with Gasteiger partial charge in [0.1, 0.15) is 0 Å². The molecule has 0 unspecified atom stereocenters. The highest BCUT2D eigenvalue weighted by molar-refractivity contribution is 7.92. The van der Waals surface area contributed by atoms with Crippen LogP contribution in [0.4, 0.5) is 5.69 Å². The predicted molar refractivity (Wildman–Crippen MR) is 78.3 cm³/mol. The lowest BCUT2D eigenvalue weighted by molar-refractivity contribution is 0.425. The maximum Gasteiger partial charge on any atom is 0.488 e. The Morgan fingerprint density at radius 3 is 2.40 bits per heavy atom. The van der Waals surface area contributed by atoms with Crippen LogP contribution in [0.2, 0.25) is 0 Å². The zero-order chi connectivity index (χ0) is 14.8. The molecule has 2 aromatic carbocycles. The Bertz CT molecular complexity index is 716. The van der Waals surface area contributed by atoms with Crippen LogP contribution >= 0.6 is 0 Å². The molecule has 7 heteroatoms. The van der Waals surface area contributed by atoms with Crippen molar-refractivity contribution in [3.63, 3.8) is 0 Å². The van der Waals surface area contributed by atoms with E-state index in [1.54, 1.807) is 25.1 Å². The monoisotopic (exact) mass is 291 g/mol. The molecule has 0 heterocycles. The van der Waals surface area contributed by atoms with E-state index in [-0.39, 0.29) is 10.4 Å². The number of para-hydroxylation sites is 1. The molecule has 0 amide bonds. The Morgan fingerprint density at radius 1 is 1.05 bits per heavy atom. The van der Waals surface area contributed by atoms with E-state index in [0.717, 1.165) is 5.56 Å². The quantitative estimate of drug-likeness (QED) is 0.715. The van der Waals surface area contributed by atoms with Crippen LogP contribution in [0.5, 0.6) is 0 Å². The summed E-state index contributed by atoms with van der Waals surface area (Å²) in [5, 5.41) is 18.2. The summed E-state index contributed by atoms with van der Waals surface area (Å²) >= 11 is 0. The van der Waals surface area contributed by atoms with Gasteiger partial charge in [0.05, 0.1) is 10.6 Å². The summed E-state index contributed by atoms with van der Waals surface area (Å²) in [6.07, 6.45) is 0. The standard InChI is InChI=1S/C13H14BNO4S/c1-10-5-2-3-8-13(10)15-20(18,19)12-7-4-6-11(9-12)14(16)17/h2-9,15-17H,1H3. The summed E-state index contributed by atoms with van der Waals surface area (Å²) < 4.78 is 27.0. The third kappa shape index (κ3) is 3.19. The Balaban J connectivity index is 2.36. The minimum absolute atomic E-state index is 0.0219. The van der Waals surface area contributed by atoms with Crippen LogP contribution in [-0.2, 0) is 10.0 Å². The highest BCUT2D eigenvalue weighted by Crippen LogP contribution is 2.18. The Kier molecular flexibility index (Phi) is 4.13. The summed E-state index contributed by atoms with van der Waals surface area (Å²) in [6, 6.07) is 12.5. The summed E-state index contributed by atoms with van der Waals surface area (Å²) in [5.41, 5.74) is 1.41. The Morgan fingerprint density at radius 2 is 1.75 bits per heavy atom. The van der Waals surface area contributed by atoms with Crippen molar-refractivity contribution < 1.29 is 18.5 Å². The number of aryl methyl sites for hydroxylation is 1. The van der Waals surface area contributed by atoms with Crippen molar-refractivity contribution in [3.8, 4) is 0 Å². The normalized spacial score (nSPS) is 11.2. The maximum absolute atomic E-state index is 12.3. The predicted octanol–water partition coefficient (Wildman–Crippen LogP) is 0.476. The van der Waals surface area contributed by atoms with E-state index in [4.69, 9.17) is 10.0 Å². The first-order valence-electron chi connectivity index (χ1n) is 5.95. The van der Waals surface area contributed by atoms with E-state index >= 15 is 0 Å². The van der Waals surface area contributed by atoms with Gasteiger partial charge < -0.3 is 10.0 Å². The molecule has 20 heavy (non-hydrogen) atoms. The van der Waals surface area contributed by atoms with Crippen molar-refractivity contribution in [1.29, 1.82) is 0 Å². The number of sulfonamides is 1. The lowest BCUT2D eigenvalue weighted by Gasteiger charge is -2.11. The first kappa shape index (κ1) is 14.6. The molecule has 0 aliphatic heterocycles. The molecule has 0 bridgehead atoms. The van der Waals surface area contributed by atoms with Gasteiger partial charge >= 0.3 is 7.12 Å². The van der Waals surface area contributed by atoms with Gasteiger partial charge in [0.2, 0.25) is 0 Å². The van der Waals surface area contributed by atoms with E-state index in [1.165, 1.54) is 24.3 Å². The van der Waals surface area contributed by atoms with Gasteiger partial charge in [-0.3, -0.25) is 4.72 Å². The molecular formula is C13H14BNO4S. The molecule has 2 rings (SSSR count). The van der Waals surface area contributed by atoms with Gasteiger partial charge in [0.15, 0.2) is 0 Å². The highest BCUT2D eigenvalue weighted by atomic mass is 32.2. The smallest absolute Gasteiger partial charge is 0.423 e. The molecule has 0 spiro atoms. The molecule has 5 nitrogen and oxygen atoms in total. The number of hydrogen-bond donors (Lipinski definition) is 3. The minimum Gasteiger partial charge on any atom is -0.423 e. The van der Waals surface area contributed by atoms with Crippen LogP contribution in [0.1, 0.15) is 5.56 Å². The van der Waals surface area contributed by atoms with Crippen molar-refractivity contribution in [3.05, 3.63) is 54.1 Å². The third-order valence-electron chi connectivity index (χ3n) is 2.86. The van der Waals surface area contributed by atoms with Gasteiger partial charge in [0, 0.05) is 0 Å². The van der Waals surface area contributed by atoms with Crippen LogP contribution in [-0.4, -0.2) is 25.6 Å². The Labute approximate surface area is 118 Å². The van der Waals surface area contributed by atoms with Gasteiger partial charge in [-0.15, -0.1) is 0 Å². The third-order valence-corrected chi connectivity index (χ3v) is 4.22. The number of benzene rings is 2. The van der Waals surface area contributed by atoms with Crippen molar-refractivity contribution in [2.24, 2.45) is 0 Å². The molecule has 3 N–H and O–H groups in total. The molecule has 0 radical (unpaired) electrons. The zero-order valence-corrected chi connectivity index (χ0v) is 11.6. The number of rotatable bonds is 4. The summed E-state index contributed by atoms with van der Waals surface area (Å²) in [5.74, 6) is 0. The van der Waals surface area contributed by atoms with Crippen molar-refractivity contribution in [1.82, 2.24) is 0 Å². The summed E-state index contributed by atoms with van der Waals surface area (Å²) in [4.78, 5) is -0.0219. The number of hydrogen-bond acceptors (Lipinski definition) is 4. The molecule has 104 valence electrons. The average Bonchev–Trinajstić information content (AvgIpc) is 2.41. The van der Waals surface area contributed by atoms with Crippen molar-refractivity contribution >= 4 is 28.3 Å². The second-order valence-corrected chi connectivity index (χ2v) is 6.05. The SMILES string of the molecule is Cc1ccccc1NS(=O)(=O)c1cccc(B(O)O)c1. The van der Waals surface area contributed by atoms with Gasteiger partial charge in [-0.1, -0.05) is 30.3 Å². The molecule has 0 fully saturated rings. The van der Waals surface area contributed by atoms with E-state index in [2.05, 4.69) is 4.72 Å². The van der Waals surface area contributed by atoms with E-state index < -0.39 is 17.1 Å². The van der Waals surface area contributed by atoms with Crippen LogP contribution in [0.15, 0.2) is 53.4 Å². The van der Waals surface area contributed by atoms with E-state index in [0.29, 0.717) is 5.69 Å². The van der Waals surface area contributed by atoms with Crippen molar-refractivity contribution in [2.45, 2.75) is 11.8 Å². The molecule has 0 atom stereocenters. The fourth-order valence-electron chi connectivity index (χ4n) is 1.73. The fourth-order valence-corrected chi connectivity index (χ4v) is 2.92. The second kappa shape index (κ2) is 5.66. The largest absolute Gasteiger partial charge is 0.488 e. The topological polar surface area (TPSA) is 86.6 Å². The summed E-state index contributed by atoms with van der Waals surface area (Å²) in [6.45, 7) is 1.80. The lowest BCUT2D eigenvalue weighted by Crippen LogP contribution is -2.30. The zero-order valence-electron chi connectivity index (χ0n) is 10.8. The van der Waals surface area contributed by atoms with E-state index in [9.17, 15) is 8.42 Å². The maximum atomic E-state index is 12.3. The van der Waals surface area contributed by atoms with Gasteiger partial charge in [-0.25, -0.2) is 8.42 Å². The first-order chi connectivity index (χ1) is 9.40. The Hall–Kier alpha value is -1.83. The van der Waals surface area contributed by atoms with Crippen LogP contribution in [0, 0.1) is 6.92 Å². The molecule has 0 saturated heterocycles. The molecule has 0 aliphatic carbocycles. The van der Waals surface area contributed by atoms with Crippen molar-refractivity contribution in [2.75, 3.05) is 4.72 Å². The van der Waals surface area contributed by atoms with Gasteiger partial charge in [-0.05, 0) is 36.1 Å². The lowest BCUT2D eigenvalue weighted by atomic mass is 9.81. The molecule has 0 saturated carbocycles. The first-order valence-corrected chi connectivity index (χ1v) is 7.43. The fraction of sp³-hybridized carbons (Fsp3) is 0.0769. The van der Waals surface area contributed by atoms with Gasteiger partial charge in [-0.2, -0.15) is 0 Å². The minimum atomic E-state index is -3.76. The van der Waals surface area contributed by atoms with E-state index in [1.807, 2.05) is 6.07 Å². The van der Waals surface area contributed by atoms with Crippen LogP contribution < -0.4 is 10.2 Å². The van der Waals surface area contributed by atoms with Crippen LogP contribution in [0.3, 0.4) is 0 Å². The number of nitrogens with one attached hydrogen (secondary N) is 1. The molecule has 0 aliphatic rings.